The van der Waals surface area contributed by atoms with E-state index in [9.17, 15) is 4.79 Å². The minimum Gasteiger partial charge on any atom is -0.387 e. The van der Waals surface area contributed by atoms with E-state index in [2.05, 4.69) is 20.6 Å². The van der Waals surface area contributed by atoms with Crippen LogP contribution < -0.4 is 10.6 Å². The molecule has 126 valence electrons. The third-order valence-corrected chi connectivity index (χ3v) is 4.45. The van der Waals surface area contributed by atoms with Crippen molar-refractivity contribution < 1.29 is 9.90 Å². The first kappa shape index (κ1) is 15.5. The largest absolute Gasteiger partial charge is 0.387 e. The van der Waals surface area contributed by atoms with Gasteiger partial charge in [-0.2, -0.15) is 0 Å². The van der Waals surface area contributed by atoms with Crippen LogP contribution in [0.25, 0.3) is 10.9 Å². The number of nitrogens with one attached hydrogen (secondary N) is 2. The number of nitrogens with zero attached hydrogens (tertiary/aromatic N) is 2. The van der Waals surface area contributed by atoms with Crippen molar-refractivity contribution in [3.8, 4) is 0 Å². The molecule has 6 nitrogen and oxygen atoms in total. The average molecular weight is 334 g/mol. The van der Waals surface area contributed by atoms with Gasteiger partial charge >= 0.3 is 0 Å². The first-order chi connectivity index (χ1) is 12.2. The molecule has 0 aliphatic heterocycles. The van der Waals surface area contributed by atoms with Crippen LogP contribution in [0, 0.1) is 0 Å². The molecule has 3 N–H and O–H groups in total. The quantitative estimate of drug-likeness (QED) is 0.680. The molecular formula is C19H18N4O2. The first-order valence-corrected chi connectivity index (χ1v) is 8.22. The van der Waals surface area contributed by atoms with Crippen LogP contribution >= 0.6 is 0 Å². The highest BCUT2D eigenvalue weighted by atomic mass is 16.3. The summed E-state index contributed by atoms with van der Waals surface area (Å²) in [5, 5.41) is 16.1. The number of rotatable bonds is 4. The van der Waals surface area contributed by atoms with E-state index in [-0.39, 0.29) is 6.04 Å². The molecule has 4 rings (SSSR count). The highest BCUT2D eigenvalue weighted by Crippen LogP contribution is 2.28. The first-order valence-electron chi connectivity index (χ1n) is 8.22. The fraction of sp³-hybridized carbons (Fsp3) is 0.211. The summed E-state index contributed by atoms with van der Waals surface area (Å²) in [7, 11) is 0. The Balaban J connectivity index is 1.52. The number of aromatic nitrogens is 2. The van der Waals surface area contributed by atoms with Crippen LogP contribution in [0.3, 0.4) is 0 Å². The SMILES string of the molecule is O=C(CO)Nc1ccc2c(c1)CC(Nc1ncnc3ccccc13)C2. The third kappa shape index (κ3) is 3.16. The van der Waals surface area contributed by atoms with Gasteiger partial charge in [0.1, 0.15) is 18.8 Å². The van der Waals surface area contributed by atoms with Crippen LogP contribution in [-0.4, -0.2) is 33.6 Å². The number of amides is 1. The van der Waals surface area contributed by atoms with Gasteiger partial charge in [0.25, 0.3) is 0 Å². The molecule has 1 amide bonds. The molecule has 0 saturated carbocycles. The summed E-state index contributed by atoms with van der Waals surface area (Å²) in [6.45, 7) is -0.512. The van der Waals surface area contributed by atoms with Gasteiger partial charge < -0.3 is 15.7 Å². The lowest BCUT2D eigenvalue weighted by atomic mass is 10.1. The number of carbonyl (C=O) groups excluding carboxylic acids is 1. The van der Waals surface area contributed by atoms with Gasteiger partial charge in [-0.3, -0.25) is 4.79 Å². The van der Waals surface area contributed by atoms with Gasteiger partial charge in [-0.05, 0) is 48.2 Å². The van der Waals surface area contributed by atoms with E-state index in [1.807, 2.05) is 42.5 Å². The van der Waals surface area contributed by atoms with Crippen molar-refractivity contribution in [2.24, 2.45) is 0 Å². The minimum absolute atomic E-state index is 0.247. The van der Waals surface area contributed by atoms with Gasteiger partial charge in [0.15, 0.2) is 0 Å². The lowest BCUT2D eigenvalue weighted by molar-refractivity contribution is -0.118. The number of carbonyl (C=O) groups is 1. The molecular weight excluding hydrogens is 316 g/mol. The smallest absolute Gasteiger partial charge is 0.250 e. The molecule has 3 aromatic rings. The number of hydrogen-bond donors (Lipinski definition) is 3. The monoisotopic (exact) mass is 334 g/mol. The summed E-state index contributed by atoms with van der Waals surface area (Å²) in [6.07, 6.45) is 3.34. The van der Waals surface area contributed by atoms with Crippen molar-refractivity contribution in [3.63, 3.8) is 0 Å². The molecule has 2 aromatic carbocycles. The molecule has 0 fully saturated rings. The van der Waals surface area contributed by atoms with Gasteiger partial charge in [-0.25, -0.2) is 9.97 Å². The summed E-state index contributed by atoms with van der Waals surface area (Å²) in [6, 6.07) is 14.1. The third-order valence-electron chi connectivity index (χ3n) is 4.45. The van der Waals surface area contributed by atoms with Gasteiger partial charge in [-0.1, -0.05) is 18.2 Å². The Bertz CT molecular complexity index is 936. The zero-order valence-corrected chi connectivity index (χ0v) is 13.6. The Morgan fingerprint density at radius 2 is 1.96 bits per heavy atom. The fourth-order valence-corrected chi connectivity index (χ4v) is 3.31. The second-order valence-electron chi connectivity index (χ2n) is 6.18. The van der Waals surface area contributed by atoms with Crippen molar-refractivity contribution >= 4 is 28.3 Å². The van der Waals surface area contributed by atoms with Gasteiger partial charge in [0.05, 0.1) is 5.52 Å². The Morgan fingerprint density at radius 1 is 1.12 bits per heavy atom. The van der Waals surface area contributed by atoms with Gasteiger partial charge in [-0.15, -0.1) is 0 Å². The molecule has 1 aromatic heterocycles. The van der Waals surface area contributed by atoms with E-state index in [1.165, 1.54) is 11.1 Å². The number of benzene rings is 2. The molecule has 0 spiro atoms. The van der Waals surface area contributed by atoms with Crippen molar-refractivity contribution in [3.05, 3.63) is 59.9 Å². The second-order valence-corrected chi connectivity index (χ2v) is 6.18. The second kappa shape index (κ2) is 6.49. The number of fused-ring (bicyclic) bond motifs is 2. The number of aliphatic hydroxyl groups excluding tert-OH is 1. The van der Waals surface area contributed by atoms with Crippen molar-refractivity contribution in [2.75, 3.05) is 17.2 Å². The molecule has 0 bridgehead atoms. The van der Waals surface area contributed by atoms with E-state index in [0.29, 0.717) is 5.69 Å². The Morgan fingerprint density at radius 3 is 2.84 bits per heavy atom. The lowest BCUT2D eigenvalue weighted by Crippen LogP contribution is -2.20. The van der Waals surface area contributed by atoms with Crippen LogP contribution in [0.1, 0.15) is 11.1 Å². The summed E-state index contributed by atoms with van der Waals surface area (Å²) in [5.41, 5.74) is 4.10. The number of anilines is 2. The van der Waals surface area contributed by atoms with Crippen molar-refractivity contribution in [2.45, 2.75) is 18.9 Å². The molecule has 1 heterocycles. The van der Waals surface area contributed by atoms with Crippen LogP contribution in [-0.2, 0) is 17.6 Å². The standard InChI is InChI=1S/C19H18N4O2/c24-10-18(25)22-14-6-5-12-7-15(9-13(12)8-14)23-19-16-3-1-2-4-17(16)20-11-21-19/h1-6,8,11,15,24H,7,9-10H2,(H,22,25)(H,20,21,23). The van der Waals surface area contributed by atoms with Gasteiger partial charge in [0.2, 0.25) is 5.91 Å². The zero-order chi connectivity index (χ0) is 17.2. The molecule has 0 saturated heterocycles. The summed E-state index contributed by atoms with van der Waals surface area (Å²) in [4.78, 5) is 20.0. The minimum atomic E-state index is -0.512. The van der Waals surface area contributed by atoms with Gasteiger partial charge in [0, 0.05) is 17.1 Å². The topological polar surface area (TPSA) is 87.1 Å². The van der Waals surface area contributed by atoms with E-state index >= 15 is 0 Å². The average Bonchev–Trinajstić information content (AvgIpc) is 3.03. The predicted molar refractivity (Wildman–Crippen MR) is 96.5 cm³/mol. The summed E-state index contributed by atoms with van der Waals surface area (Å²) < 4.78 is 0. The summed E-state index contributed by atoms with van der Waals surface area (Å²) >= 11 is 0. The number of para-hydroxylation sites is 1. The maximum absolute atomic E-state index is 11.3. The zero-order valence-electron chi connectivity index (χ0n) is 13.6. The molecule has 6 heteroatoms. The lowest BCUT2D eigenvalue weighted by Gasteiger charge is -2.14. The highest BCUT2D eigenvalue weighted by molar-refractivity contribution is 5.91. The van der Waals surface area contributed by atoms with Crippen LogP contribution in [0.5, 0.6) is 0 Å². The van der Waals surface area contributed by atoms with Crippen molar-refractivity contribution in [1.29, 1.82) is 0 Å². The van der Waals surface area contributed by atoms with E-state index in [1.54, 1.807) is 6.33 Å². The van der Waals surface area contributed by atoms with Crippen LogP contribution in [0.2, 0.25) is 0 Å². The Kier molecular flexibility index (Phi) is 4.03. The van der Waals surface area contributed by atoms with Crippen molar-refractivity contribution in [1.82, 2.24) is 9.97 Å². The maximum Gasteiger partial charge on any atom is 0.250 e. The Hall–Kier alpha value is -2.99. The van der Waals surface area contributed by atoms with E-state index < -0.39 is 12.5 Å². The van der Waals surface area contributed by atoms with E-state index in [0.717, 1.165) is 29.6 Å². The molecule has 25 heavy (non-hydrogen) atoms. The molecule has 1 unspecified atom stereocenters. The maximum atomic E-state index is 11.3. The predicted octanol–water partition coefficient (Wildman–Crippen LogP) is 2.14. The Labute approximate surface area is 144 Å². The number of aliphatic hydroxyl groups is 1. The summed E-state index contributed by atoms with van der Waals surface area (Å²) in [5.74, 6) is 0.442. The van der Waals surface area contributed by atoms with Crippen LogP contribution in [0.4, 0.5) is 11.5 Å². The van der Waals surface area contributed by atoms with Crippen LogP contribution in [0.15, 0.2) is 48.8 Å². The molecule has 1 atom stereocenters. The number of hydrogen-bond acceptors (Lipinski definition) is 5. The molecule has 0 radical (unpaired) electrons. The normalized spacial score (nSPS) is 15.8. The van der Waals surface area contributed by atoms with E-state index in [4.69, 9.17) is 5.11 Å². The highest BCUT2D eigenvalue weighted by Gasteiger charge is 2.22. The molecule has 1 aliphatic carbocycles. The molecule has 1 aliphatic rings. The fourth-order valence-electron chi connectivity index (χ4n) is 3.31.